The molecule has 1 rings (SSSR count). The molecule has 0 fully saturated rings. The van der Waals surface area contributed by atoms with Gasteiger partial charge >= 0.3 is 0 Å². The van der Waals surface area contributed by atoms with Crippen molar-refractivity contribution in [3.05, 3.63) is 46.7 Å². The Morgan fingerprint density at radius 2 is 1.54 bits per heavy atom. The zero-order chi connectivity index (χ0) is 17.9. The molecule has 0 radical (unpaired) electrons. The molecule has 0 heterocycles. The lowest BCUT2D eigenvalue weighted by Crippen LogP contribution is -2.27. The van der Waals surface area contributed by atoms with Gasteiger partial charge in [-0.1, -0.05) is 12.1 Å². The van der Waals surface area contributed by atoms with Crippen LogP contribution in [0, 0.1) is 34.0 Å². The average Bonchev–Trinajstić information content (AvgIpc) is 2.61. The first-order chi connectivity index (χ1) is 11.6. The minimum absolute atomic E-state index is 0.0687. The van der Waals surface area contributed by atoms with Crippen molar-refractivity contribution in [3.8, 4) is 18.2 Å². The van der Waals surface area contributed by atoms with E-state index in [0.29, 0.717) is 24.8 Å². The number of benzene rings is 1. The van der Waals surface area contributed by atoms with Crippen LogP contribution in [0.1, 0.15) is 5.56 Å². The van der Waals surface area contributed by atoms with Gasteiger partial charge in [0.1, 0.15) is 18.2 Å². The number of hydrogen-bond donors (Lipinski definition) is 1. The second kappa shape index (κ2) is 10.2. The Morgan fingerprint density at radius 3 is 1.96 bits per heavy atom. The lowest BCUT2D eigenvalue weighted by Gasteiger charge is -2.22. The minimum atomic E-state index is -0.283. The number of nitrogens with two attached hydrogens (primary N) is 1. The molecule has 1 aromatic rings. The molecule has 5 nitrogen and oxygen atoms in total. The Kier molecular flexibility index (Phi) is 8.23. The molecule has 0 saturated carbocycles. The summed E-state index contributed by atoms with van der Waals surface area (Å²) in [4.78, 5) is 2.05. The largest absolute Gasteiger partial charge is 0.396 e. The molecule has 0 atom stereocenters. The van der Waals surface area contributed by atoms with Crippen molar-refractivity contribution in [2.75, 3.05) is 29.7 Å². The summed E-state index contributed by atoms with van der Waals surface area (Å²) in [6.07, 6.45) is 1.53. The molecular formula is C17H15Cl2N5. The fourth-order valence-corrected chi connectivity index (χ4v) is 2.38. The third kappa shape index (κ3) is 5.21. The predicted octanol–water partition coefficient (Wildman–Crippen LogP) is 3.14. The molecule has 24 heavy (non-hydrogen) atoms. The van der Waals surface area contributed by atoms with E-state index in [1.807, 2.05) is 30.3 Å². The van der Waals surface area contributed by atoms with E-state index in [9.17, 15) is 5.26 Å². The van der Waals surface area contributed by atoms with Gasteiger partial charge in [0, 0.05) is 30.5 Å². The van der Waals surface area contributed by atoms with Crippen LogP contribution >= 0.6 is 23.2 Å². The normalized spacial score (nSPS) is 10.2. The highest BCUT2D eigenvalue weighted by Crippen LogP contribution is 2.19. The van der Waals surface area contributed by atoms with E-state index in [0.717, 1.165) is 11.3 Å². The van der Waals surface area contributed by atoms with E-state index in [1.54, 1.807) is 12.1 Å². The smallest absolute Gasteiger partial charge is 0.153 e. The molecule has 2 N–H and O–H groups in total. The molecule has 0 aliphatic carbocycles. The Bertz CT molecular complexity index is 723. The van der Waals surface area contributed by atoms with E-state index in [2.05, 4.69) is 4.90 Å². The van der Waals surface area contributed by atoms with Gasteiger partial charge in [0.15, 0.2) is 5.57 Å². The lowest BCUT2D eigenvalue weighted by atomic mass is 10.1. The van der Waals surface area contributed by atoms with Gasteiger partial charge in [-0.25, -0.2) is 0 Å². The van der Waals surface area contributed by atoms with Crippen LogP contribution in [-0.4, -0.2) is 24.8 Å². The van der Waals surface area contributed by atoms with E-state index >= 15 is 0 Å². The van der Waals surface area contributed by atoms with Crippen LogP contribution in [0.15, 0.2) is 41.1 Å². The number of hydrogen-bond acceptors (Lipinski definition) is 5. The fourth-order valence-electron chi connectivity index (χ4n) is 1.97. The van der Waals surface area contributed by atoms with Crippen molar-refractivity contribution in [2.24, 2.45) is 5.73 Å². The van der Waals surface area contributed by atoms with Crippen LogP contribution in [0.5, 0.6) is 0 Å². The highest BCUT2D eigenvalue weighted by molar-refractivity contribution is 6.18. The van der Waals surface area contributed by atoms with Gasteiger partial charge in [-0.2, -0.15) is 15.8 Å². The maximum Gasteiger partial charge on any atom is 0.153 e. The number of nitriles is 3. The molecule has 1 aromatic carbocycles. The van der Waals surface area contributed by atoms with E-state index in [-0.39, 0.29) is 16.8 Å². The van der Waals surface area contributed by atoms with Crippen molar-refractivity contribution < 1.29 is 0 Å². The highest BCUT2D eigenvalue weighted by Gasteiger charge is 2.09. The van der Waals surface area contributed by atoms with Crippen LogP contribution in [0.2, 0.25) is 0 Å². The standard InChI is InChI=1S/C17H15Cl2N5/c18-5-7-24(8-6-19)16-3-1-13(2-4-16)9-14(10-20)17(23)15(11-21)12-22/h1-4,9H,5-8,23H2/b14-9+. The number of allylic oxidation sites excluding steroid dienone is 2. The first-order valence-electron chi connectivity index (χ1n) is 7.00. The second-order valence-corrected chi connectivity index (χ2v) is 5.39. The minimum Gasteiger partial charge on any atom is -0.396 e. The monoisotopic (exact) mass is 359 g/mol. The molecule has 0 aliphatic heterocycles. The molecular weight excluding hydrogens is 345 g/mol. The predicted molar refractivity (Wildman–Crippen MR) is 96.1 cm³/mol. The summed E-state index contributed by atoms with van der Waals surface area (Å²) in [5.74, 6) is 0.979. The molecule has 0 aromatic heterocycles. The van der Waals surface area contributed by atoms with E-state index in [4.69, 9.17) is 39.5 Å². The van der Waals surface area contributed by atoms with Crippen LogP contribution in [0.4, 0.5) is 5.69 Å². The van der Waals surface area contributed by atoms with Crippen molar-refractivity contribution in [3.63, 3.8) is 0 Å². The first-order valence-corrected chi connectivity index (χ1v) is 8.07. The molecule has 0 spiro atoms. The number of rotatable bonds is 7. The quantitative estimate of drug-likeness (QED) is 0.457. The number of halogens is 2. The molecule has 0 amide bonds. The second-order valence-electron chi connectivity index (χ2n) is 4.64. The zero-order valence-electron chi connectivity index (χ0n) is 12.8. The highest BCUT2D eigenvalue weighted by atomic mass is 35.5. The van der Waals surface area contributed by atoms with Gasteiger partial charge in [-0.05, 0) is 23.8 Å². The van der Waals surface area contributed by atoms with Crippen molar-refractivity contribution in [1.82, 2.24) is 0 Å². The lowest BCUT2D eigenvalue weighted by molar-refractivity contribution is 0.874. The molecule has 0 saturated heterocycles. The zero-order valence-corrected chi connectivity index (χ0v) is 14.3. The van der Waals surface area contributed by atoms with Gasteiger partial charge < -0.3 is 10.6 Å². The van der Waals surface area contributed by atoms with Gasteiger partial charge in [-0.15, -0.1) is 23.2 Å². The van der Waals surface area contributed by atoms with Gasteiger partial charge in [0.2, 0.25) is 0 Å². The SMILES string of the molecule is N#CC(C#N)=C(N)/C(C#N)=C/c1ccc(N(CCCl)CCCl)cc1. The van der Waals surface area contributed by atoms with Crippen LogP contribution < -0.4 is 10.6 Å². The Hall–Kier alpha value is -2.65. The summed E-state index contributed by atoms with van der Waals surface area (Å²) in [5, 5.41) is 26.9. The van der Waals surface area contributed by atoms with Crippen LogP contribution in [0.25, 0.3) is 6.08 Å². The van der Waals surface area contributed by atoms with E-state index < -0.39 is 0 Å². The summed E-state index contributed by atoms with van der Waals surface area (Å²) >= 11 is 11.6. The van der Waals surface area contributed by atoms with Crippen LogP contribution in [0.3, 0.4) is 0 Å². The van der Waals surface area contributed by atoms with Gasteiger partial charge in [0.25, 0.3) is 0 Å². The topological polar surface area (TPSA) is 101 Å². The van der Waals surface area contributed by atoms with Crippen molar-refractivity contribution >= 4 is 35.0 Å². The Labute approximate surface area is 151 Å². The summed E-state index contributed by atoms with van der Waals surface area (Å²) in [6, 6.07) is 12.7. The summed E-state index contributed by atoms with van der Waals surface area (Å²) in [7, 11) is 0. The summed E-state index contributed by atoms with van der Waals surface area (Å²) in [5.41, 5.74) is 7.05. The van der Waals surface area contributed by atoms with E-state index in [1.165, 1.54) is 6.08 Å². The molecule has 0 aliphatic rings. The molecule has 0 unspecified atom stereocenters. The Balaban J connectivity index is 3.13. The molecule has 7 heteroatoms. The average molecular weight is 360 g/mol. The first kappa shape index (κ1) is 19.4. The number of alkyl halides is 2. The maximum absolute atomic E-state index is 9.19. The van der Waals surface area contributed by atoms with Crippen LogP contribution in [-0.2, 0) is 0 Å². The summed E-state index contributed by atoms with van der Waals surface area (Å²) in [6.45, 7) is 1.35. The third-order valence-electron chi connectivity index (χ3n) is 3.18. The summed E-state index contributed by atoms with van der Waals surface area (Å²) < 4.78 is 0. The maximum atomic E-state index is 9.19. The molecule has 122 valence electrons. The number of anilines is 1. The number of nitrogens with zero attached hydrogens (tertiary/aromatic N) is 4. The molecule has 0 bridgehead atoms. The Morgan fingerprint density at radius 1 is 1.00 bits per heavy atom. The van der Waals surface area contributed by atoms with Crippen molar-refractivity contribution in [1.29, 1.82) is 15.8 Å². The van der Waals surface area contributed by atoms with Gasteiger partial charge in [0.05, 0.1) is 11.3 Å². The fraction of sp³-hybridized carbons (Fsp3) is 0.235. The third-order valence-corrected chi connectivity index (χ3v) is 3.52. The van der Waals surface area contributed by atoms with Crippen molar-refractivity contribution in [2.45, 2.75) is 0 Å². The van der Waals surface area contributed by atoms with Gasteiger partial charge in [-0.3, -0.25) is 0 Å².